The Morgan fingerprint density at radius 2 is 1.82 bits per heavy atom. The average Bonchev–Trinajstić information content (AvgIpc) is 3.58. The minimum Gasteiger partial charge on any atom is -0.394 e. The van der Waals surface area contributed by atoms with Crippen LogP contribution in [-0.2, 0) is 19.1 Å². The smallest absolute Gasteiger partial charge is 0.253 e. The monoisotopic (exact) mass is 545 g/mol. The summed E-state index contributed by atoms with van der Waals surface area (Å²) in [6.45, 7) is 11.6. The van der Waals surface area contributed by atoms with Crippen LogP contribution in [0.4, 0.5) is 5.69 Å². The largest absolute Gasteiger partial charge is 0.394 e. The van der Waals surface area contributed by atoms with Crippen LogP contribution in [0.25, 0.3) is 10.8 Å². The van der Waals surface area contributed by atoms with Gasteiger partial charge in [0, 0.05) is 25.8 Å². The van der Waals surface area contributed by atoms with Crippen molar-refractivity contribution in [3.05, 3.63) is 67.8 Å². The molecule has 40 heavy (non-hydrogen) atoms. The number of fused-ring (bicyclic) bond motifs is 2. The second-order valence-electron chi connectivity index (χ2n) is 11.4. The van der Waals surface area contributed by atoms with E-state index in [1.54, 1.807) is 35.9 Å². The highest BCUT2D eigenvalue weighted by Gasteiger charge is 2.79. The Morgan fingerprint density at radius 3 is 2.48 bits per heavy atom. The summed E-state index contributed by atoms with van der Waals surface area (Å²) < 4.78 is 6.86. The molecule has 2 aromatic carbocycles. The van der Waals surface area contributed by atoms with Crippen LogP contribution in [0.3, 0.4) is 0 Å². The molecule has 1 spiro atoms. The molecule has 0 aliphatic carbocycles. The minimum absolute atomic E-state index is 0.177. The van der Waals surface area contributed by atoms with Gasteiger partial charge < -0.3 is 24.5 Å². The van der Waals surface area contributed by atoms with E-state index in [0.717, 1.165) is 10.8 Å². The van der Waals surface area contributed by atoms with Gasteiger partial charge in [0.25, 0.3) is 5.91 Å². The molecule has 3 saturated heterocycles. The van der Waals surface area contributed by atoms with Crippen LogP contribution in [0, 0.1) is 11.8 Å². The number of nitrogens with zero attached hydrogens (tertiary/aromatic N) is 3. The van der Waals surface area contributed by atoms with Gasteiger partial charge >= 0.3 is 0 Å². The summed E-state index contributed by atoms with van der Waals surface area (Å²) in [5, 5.41) is 12.2. The van der Waals surface area contributed by atoms with Gasteiger partial charge in [0.05, 0.1) is 30.1 Å². The zero-order valence-corrected chi connectivity index (χ0v) is 23.6. The first kappa shape index (κ1) is 28.1. The van der Waals surface area contributed by atoms with E-state index < -0.39 is 35.1 Å². The number of benzene rings is 2. The molecule has 1 N–H and O–H groups in total. The van der Waals surface area contributed by atoms with Gasteiger partial charge in [-0.25, -0.2) is 0 Å². The fourth-order valence-electron chi connectivity index (χ4n) is 7.34. The van der Waals surface area contributed by atoms with Crippen molar-refractivity contribution >= 4 is 34.2 Å². The predicted molar refractivity (Wildman–Crippen MR) is 155 cm³/mol. The van der Waals surface area contributed by atoms with Crippen molar-refractivity contribution < 1.29 is 24.2 Å². The van der Waals surface area contributed by atoms with Gasteiger partial charge in [-0.1, -0.05) is 49.4 Å². The lowest BCUT2D eigenvalue weighted by atomic mass is 9.64. The van der Waals surface area contributed by atoms with Crippen LogP contribution in [0.5, 0.6) is 0 Å². The molecule has 0 radical (unpaired) electrons. The molecule has 3 amide bonds. The summed E-state index contributed by atoms with van der Waals surface area (Å²) in [7, 11) is 1.70. The van der Waals surface area contributed by atoms with Crippen molar-refractivity contribution in [3.8, 4) is 0 Å². The van der Waals surface area contributed by atoms with Gasteiger partial charge in [-0.15, -0.1) is 13.2 Å². The van der Waals surface area contributed by atoms with E-state index in [0.29, 0.717) is 31.5 Å². The van der Waals surface area contributed by atoms with Crippen LogP contribution in [0.1, 0.15) is 33.1 Å². The Morgan fingerprint density at radius 1 is 1.12 bits per heavy atom. The van der Waals surface area contributed by atoms with Crippen molar-refractivity contribution in [1.29, 1.82) is 0 Å². The van der Waals surface area contributed by atoms with E-state index in [2.05, 4.69) is 13.2 Å². The third-order valence-electron chi connectivity index (χ3n) is 9.26. The quantitative estimate of drug-likeness (QED) is 0.462. The third-order valence-corrected chi connectivity index (χ3v) is 9.26. The molecule has 3 fully saturated rings. The van der Waals surface area contributed by atoms with Crippen molar-refractivity contribution in [2.45, 2.75) is 56.4 Å². The number of likely N-dealkylation sites (N-methyl/N-ethyl adjacent to an activating group) is 1. The van der Waals surface area contributed by atoms with Crippen molar-refractivity contribution in [3.63, 3.8) is 0 Å². The van der Waals surface area contributed by atoms with Gasteiger partial charge in [0.2, 0.25) is 11.8 Å². The Labute approximate surface area is 235 Å². The second-order valence-corrected chi connectivity index (χ2v) is 11.4. The summed E-state index contributed by atoms with van der Waals surface area (Å²) in [5.41, 5.74) is -1.31. The number of aliphatic hydroxyl groups is 1. The highest BCUT2D eigenvalue weighted by Crippen LogP contribution is 2.65. The normalized spacial score (nSPS) is 29.4. The summed E-state index contributed by atoms with van der Waals surface area (Å²) in [4.78, 5) is 47.5. The number of anilines is 1. The van der Waals surface area contributed by atoms with Crippen LogP contribution < -0.4 is 4.90 Å². The molecule has 212 valence electrons. The number of amides is 3. The van der Waals surface area contributed by atoms with Crippen molar-refractivity contribution in [1.82, 2.24) is 9.80 Å². The molecule has 3 aliphatic heterocycles. The molecule has 2 bridgehead atoms. The predicted octanol–water partition coefficient (Wildman–Crippen LogP) is 3.54. The summed E-state index contributed by atoms with van der Waals surface area (Å²) >= 11 is 0. The molecule has 3 heterocycles. The number of rotatable bonds is 10. The lowest BCUT2D eigenvalue weighted by molar-refractivity contribution is -0.152. The maximum atomic E-state index is 14.7. The molecule has 5 rings (SSSR count). The Bertz CT molecular complexity index is 1360. The number of likely N-dealkylation sites (tertiary alicyclic amines) is 1. The molecule has 0 aromatic heterocycles. The highest BCUT2D eigenvalue weighted by atomic mass is 16.5. The first-order valence-electron chi connectivity index (χ1n) is 14.1. The Balaban J connectivity index is 1.62. The summed E-state index contributed by atoms with van der Waals surface area (Å²) in [5.74, 6) is -2.32. The first-order chi connectivity index (χ1) is 19.2. The van der Waals surface area contributed by atoms with Gasteiger partial charge in [0.1, 0.15) is 11.6 Å². The lowest BCUT2D eigenvalue weighted by Gasteiger charge is -2.38. The highest BCUT2D eigenvalue weighted by molar-refractivity contribution is 6.06. The molecule has 0 saturated carbocycles. The maximum absolute atomic E-state index is 14.7. The average molecular weight is 546 g/mol. The Kier molecular flexibility index (Phi) is 7.35. The number of hydrogen-bond donors (Lipinski definition) is 1. The maximum Gasteiger partial charge on any atom is 0.253 e. The number of ether oxygens (including phenoxy) is 1. The van der Waals surface area contributed by atoms with E-state index in [1.165, 1.54) is 4.90 Å². The molecule has 8 nitrogen and oxygen atoms in total. The van der Waals surface area contributed by atoms with Gasteiger partial charge in [-0.3, -0.25) is 14.4 Å². The molecule has 2 aromatic rings. The van der Waals surface area contributed by atoms with E-state index >= 15 is 0 Å². The SMILES string of the molecule is C=CCN(C)C(=O)[C@@H]1[C@H]2C(=O)N([C@H](C)CO)C(C(=O)N(CC=C)c3ccc4ccccc4c3)C23CC[C@@]1(CC)O3. The lowest BCUT2D eigenvalue weighted by Crippen LogP contribution is -2.58. The second kappa shape index (κ2) is 10.5. The standard InChI is InChI=1S/C32H39N3O5/c1-6-17-33(5)28(37)25-26-29(38)35(21(4)20-36)27(32(26)16-15-31(25,8-3)40-32)30(39)34(18-7-2)24-14-13-22-11-9-10-12-23(22)19-24/h6-7,9-14,19,21,25-27,36H,1-2,8,15-18,20H2,3-5H3/t21-,25+,26+,27?,31-,32?/m1/s1. The van der Waals surface area contributed by atoms with E-state index in [4.69, 9.17) is 4.74 Å². The summed E-state index contributed by atoms with van der Waals surface area (Å²) in [6, 6.07) is 12.1. The summed E-state index contributed by atoms with van der Waals surface area (Å²) in [6.07, 6.45) is 4.93. The van der Waals surface area contributed by atoms with Gasteiger partial charge in [-0.05, 0) is 49.1 Å². The number of aliphatic hydroxyl groups excluding tert-OH is 1. The van der Waals surface area contributed by atoms with E-state index in [9.17, 15) is 19.5 Å². The van der Waals surface area contributed by atoms with Crippen molar-refractivity contribution in [2.75, 3.05) is 31.6 Å². The van der Waals surface area contributed by atoms with Crippen molar-refractivity contribution in [2.24, 2.45) is 11.8 Å². The molecular weight excluding hydrogens is 506 g/mol. The zero-order chi connectivity index (χ0) is 28.8. The number of carbonyl (C=O) groups excluding carboxylic acids is 3. The minimum atomic E-state index is -1.17. The van der Waals surface area contributed by atoms with Gasteiger partial charge in [0.15, 0.2) is 0 Å². The van der Waals surface area contributed by atoms with E-state index in [1.807, 2.05) is 49.4 Å². The molecule has 3 aliphatic rings. The molecular formula is C32H39N3O5. The van der Waals surface area contributed by atoms with Crippen LogP contribution in [-0.4, -0.2) is 82.7 Å². The van der Waals surface area contributed by atoms with Crippen LogP contribution in [0.15, 0.2) is 67.8 Å². The zero-order valence-electron chi connectivity index (χ0n) is 23.6. The topological polar surface area (TPSA) is 90.4 Å². The van der Waals surface area contributed by atoms with Gasteiger partial charge in [-0.2, -0.15) is 0 Å². The van der Waals surface area contributed by atoms with Crippen LogP contribution in [0.2, 0.25) is 0 Å². The number of hydrogen-bond acceptors (Lipinski definition) is 5. The van der Waals surface area contributed by atoms with Crippen LogP contribution >= 0.6 is 0 Å². The molecule has 8 heteroatoms. The molecule has 2 unspecified atom stereocenters. The van der Waals surface area contributed by atoms with E-state index in [-0.39, 0.29) is 30.9 Å². The third kappa shape index (κ3) is 3.99. The first-order valence-corrected chi connectivity index (χ1v) is 14.1. The molecule has 6 atom stereocenters. The Hall–Kier alpha value is -3.49. The number of carbonyl (C=O) groups is 3. The fraction of sp³-hybridized carbons (Fsp3) is 0.469. The fourth-order valence-corrected chi connectivity index (χ4v) is 7.34.